The quantitative estimate of drug-likeness (QED) is 0.718. The molecule has 0 unspecified atom stereocenters. The third-order valence-corrected chi connectivity index (χ3v) is 8.89. The molecule has 0 radical (unpaired) electrons. The number of rotatable bonds is 6. The predicted octanol–water partition coefficient (Wildman–Crippen LogP) is 5.26. The fourth-order valence-electron chi connectivity index (χ4n) is 5.16. The molecule has 1 N–H and O–H groups in total. The molecule has 27 heavy (non-hydrogen) atoms. The first-order valence-electron chi connectivity index (χ1n) is 10.3. The van der Waals surface area contributed by atoms with E-state index in [0.29, 0.717) is 12.5 Å². The summed E-state index contributed by atoms with van der Waals surface area (Å²) in [6.45, 7) is 16.5. The summed E-state index contributed by atoms with van der Waals surface area (Å²) in [6, 6.07) is 10.3. The molecular formula is C23H37NO2S. The summed E-state index contributed by atoms with van der Waals surface area (Å²) in [4.78, 5) is 0. The molecule has 2 saturated carbocycles. The number of ether oxygens (including phenoxy) is 1. The van der Waals surface area contributed by atoms with Crippen molar-refractivity contribution in [2.24, 2.45) is 22.2 Å². The number of hydrogen-bond acceptors (Lipinski definition) is 2. The summed E-state index contributed by atoms with van der Waals surface area (Å²) in [7, 11) is -1.13. The summed E-state index contributed by atoms with van der Waals surface area (Å²) in [6.07, 6.45) is 2.36. The first kappa shape index (κ1) is 21.0. The van der Waals surface area contributed by atoms with Crippen molar-refractivity contribution in [3.05, 3.63) is 35.9 Å². The molecule has 3 rings (SSSR count). The zero-order valence-electron chi connectivity index (χ0n) is 18.0. The molecule has 152 valence electrons. The monoisotopic (exact) mass is 391 g/mol. The molecule has 0 aromatic heterocycles. The Bertz CT molecular complexity index is 681. The van der Waals surface area contributed by atoms with E-state index in [1.807, 2.05) is 18.2 Å². The van der Waals surface area contributed by atoms with Crippen LogP contribution in [0.1, 0.15) is 72.9 Å². The molecular weight excluding hydrogens is 354 g/mol. The smallest absolute Gasteiger partial charge is 0.0982 e. The number of hydrogen-bond donors (Lipinski definition) is 1. The SMILES string of the molecule is C[C@@H](N[S@](=O)[C@@H]1[C@H]2CC[C@@](C)([C@@H]1OCC(C)(C)C)C2(C)C)c1ccccc1. The van der Waals surface area contributed by atoms with Crippen LogP contribution >= 0.6 is 0 Å². The second-order valence-corrected chi connectivity index (χ2v) is 12.0. The molecule has 0 saturated heterocycles. The van der Waals surface area contributed by atoms with E-state index in [4.69, 9.17) is 4.74 Å². The molecule has 0 spiro atoms. The molecule has 2 bridgehead atoms. The lowest BCUT2D eigenvalue weighted by Gasteiger charge is -2.41. The first-order valence-corrected chi connectivity index (χ1v) is 11.5. The molecule has 3 nitrogen and oxygen atoms in total. The molecule has 0 heterocycles. The molecule has 1 aromatic rings. The molecule has 2 aliphatic rings. The van der Waals surface area contributed by atoms with Gasteiger partial charge in [0, 0.05) is 11.5 Å². The minimum absolute atomic E-state index is 0.0433. The Hall–Kier alpha value is -0.710. The van der Waals surface area contributed by atoms with Crippen LogP contribution in [0.25, 0.3) is 0 Å². The number of fused-ring (bicyclic) bond motifs is 2. The van der Waals surface area contributed by atoms with Gasteiger partial charge in [-0.15, -0.1) is 0 Å². The van der Waals surface area contributed by atoms with E-state index in [0.717, 1.165) is 6.42 Å². The van der Waals surface area contributed by atoms with Crippen molar-refractivity contribution in [2.75, 3.05) is 6.61 Å². The maximum atomic E-state index is 13.5. The van der Waals surface area contributed by atoms with Gasteiger partial charge in [-0.3, -0.25) is 0 Å². The Balaban J connectivity index is 1.81. The summed E-state index contributed by atoms with van der Waals surface area (Å²) in [5, 5.41) is 0.0484. The Morgan fingerprint density at radius 1 is 1.22 bits per heavy atom. The lowest BCUT2D eigenvalue weighted by atomic mass is 9.70. The van der Waals surface area contributed by atoms with Gasteiger partial charge < -0.3 is 4.74 Å². The van der Waals surface area contributed by atoms with Gasteiger partial charge in [-0.05, 0) is 42.1 Å². The molecule has 2 aliphatic carbocycles. The lowest BCUT2D eigenvalue weighted by Crippen LogP contribution is -2.47. The van der Waals surface area contributed by atoms with Gasteiger partial charge in [0.1, 0.15) is 0 Å². The molecule has 6 atom stereocenters. The maximum absolute atomic E-state index is 13.5. The second-order valence-electron chi connectivity index (χ2n) is 10.6. The maximum Gasteiger partial charge on any atom is 0.0982 e. The molecule has 2 fully saturated rings. The lowest BCUT2D eigenvalue weighted by molar-refractivity contribution is -0.0675. The van der Waals surface area contributed by atoms with E-state index in [-0.39, 0.29) is 33.6 Å². The van der Waals surface area contributed by atoms with E-state index in [2.05, 4.69) is 65.3 Å². The van der Waals surface area contributed by atoms with Crippen molar-refractivity contribution in [1.82, 2.24) is 4.72 Å². The Morgan fingerprint density at radius 2 is 1.85 bits per heavy atom. The zero-order valence-corrected chi connectivity index (χ0v) is 18.9. The minimum atomic E-state index is -1.13. The Labute approximate surface area is 168 Å². The highest BCUT2D eigenvalue weighted by atomic mass is 32.2. The van der Waals surface area contributed by atoms with Crippen LogP contribution in [0.15, 0.2) is 30.3 Å². The van der Waals surface area contributed by atoms with Gasteiger partial charge in [0.05, 0.1) is 28.9 Å². The average molecular weight is 392 g/mol. The van der Waals surface area contributed by atoms with E-state index in [9.17, 15) is 4.21 Å². The molecule has 1 aromatic carbocycles. The van der Waals surface area contributed by atoms with Gasteiger partial charge >= 0.3 is 0 Å². The Kier molecular flexibility index (Phi) is 5.66. The van der Waals surface area contributed by atoms with Crippen LogP contribution in [-0.4, -0.2) is 22.2 Å². The van der Waals surface area contributed by atoms with Gasteiger partial charge in [0.2, 0.25) is 0 Å². The van der Waals surface area contributed by atoms with E-state index in [1.165, 1.54) is 12.0 Å². The van der Waals surface area contributed by atoms with E-state index < -0.39 is 11.0 Å². The Morgan fingerprint density at radius 3 is 2.44 bits per heavy atom. The highest BCUT2D eigenvalue weighted by Gasteiger charge is 2.68. The highest BCUT2D eigenvalue weighted by Crippen LogP contribution is 2.67. The van der Waals surface area contributed by atoms with Crippen molar-refractivity contribution in [1.29, 1.82) is 0 Å². The average Bonchev–Trinajstić information content (AvgIpc) is 2.91. The van der Waals surface area contributed by atoms with Crippen LogP contribution in [0.2, 0.25) is 0 Å². The summed E-state index contributed by atoms with van der Waals surface area (Å²) < 4.78 is 23.4. The highest BCUT2D eigenvalue weighted by molar-refractivity contribution is 7.83. The molecule has 4 heteroatoms. The van der Waals surface area contributed by atoms with Crippen LogP contribution < -0.4 is 4.72 Å². The van der Waals surface area contributed by atoms with Gasteiger partial charge in [0.25, 0.3) is 0 Å². The van der Waals surface area contributed by atoms with Crippen LogP contribution in [0, 0.1) is 22.2 Å². The van der Waals surface area contributed by atoms with E-state index >= 15 is 0 Å². The van der Waals surface area contributed by atoms with Gasteiger partial charge in [-0.2, -0.15) is 0 Å². The predicted molar refractivity (Wildman–Crippen MR) is 114 cm³/mol. The van der Waals surface area contributed by atoms with Gasteiger partial charge in [-0.1, -0.05) is 71.9 Å². The van der Waals surface area contributed by atoms with Crippen molar-refractivity contribution in [3.8, 4) is 0 Å². The van der Waals surface area contributed by atoms with Gasteiger partial charge in [0.15, 0.2) is 0 Å². The van der Waals surface area contributed by atoms with Crippen molar-refractivity contribution >= 4 is 11.0 Å². The third kappa shape index (κ3) is 3.77. The number of nitrogens with one attached hydrogen (secondary N) is 1. The van der Waals surface area contributed by atoms with Crippen LogP contribution in [0.5, 0.6) is 0 Å². The standard InChI is InChI=1S/C23H37NO2S/c1-16(17-11-9-8-10-12-17)24-27(25)19-18-13-14-23(7,22(18,5)6)20(19)26-15-21(2,3)4/h8-12,16,18-20,24H,13-15H2,1-7H3/t16-,18-,19-,20-,23+,27-/m1/s1. The van der Waals surface area contributed by atoms with Crippen LogP contribution in [-0.2, 0) is 15.7 Å². The fraction of sp³-hybridized carbons (Fsp3) is 0.739. The minimum Gasteiger partial charge on any atom is -0.376 e. The fourth-order valence-corrected chi connectivity index (χ4v) is 7.18. The summed E-state index contributed by atoms with van der Waals surface area (Å²) in [5.74, 6) is 0.434. The topological polar surface area (TPSA) is 38.3 Å². The van der Waals surface area contributed by atoms with Crippen molar-refractivity contribution in [3.63, 3.8) is 0 Å². The normalized spacial score (nSPS) is 34.6. The van der Waals surface area contributed by atoms with E-state index in [1.54, 1.807) is 0 Å². The number of benzene rings is 1. The largest absolute Gasteiger partial charge is 0.376 e. The third-order valence-electron chi connectivity index (χ3n) is 7.23. The zero-order chi connectivity index (χ0) is 20.0. The van der Waals surface area contributed by atoms with Crippen molar-refractivity contribution in [2.45, 2.75) is 78.7 Å². The van der Waals surface area contributed by atoms with Crippen LogP contribution in [0.3, 0.4) is 0 Å². The van der Waals surface area contributed by atoms with Crippen molar-refractivity contribution < 1.29 is 8.95 Å². The molecule has 0 aliphatic heterocycles. The molecule has 0 amide bonds. The first-order chi connectivity index (χ1) is 12.5. The summed E-state index contributed by atoms with van der Waals surface area (Å²) in [5.41, 5.74) is 1.51. The second kappa shape index (κ2) is 7.27. The van der Waals surface area contributed by atoms with Crippen LogP contribution in [0.4, 0.5) is 0 Å². The van der Waals surface area contributed by atoms with Gasteiger partial charge in [-0.25, -0.2) is 8.93 Å². The summed E-state index contributed by atoms with van der Waals surface area (Å²) >= 11 is 0.